The number of aryl methyl sites for hydroxylation is 1. The summed E-state index contributed by atoms with van der Waals surface area (Å²) in [5.41, 5.74) is -2.15. The molecule has 8 nitrogen and oxygen atoms in total. The predicted molar refractivity (Wildman–Crippen MR) is 115 cm³/mol. The van der Waals surface area contributed by atoms with E-state index >= 15 is 4.39 Å². The van der Waals surface area contributed by atoms with E-state index in [-0.39, 0.29) is 11.5 Å². The Morgan fingerprint density at radius 2 is 1.83 bits per heavy atom. The minimum atomic E-state index is -4.84. The highest BCUT2D eigenvalue weighted by molar-refractivity contribution is 6.06. The molecule has 0 radical (unpaired) electrons. The third-order valence-electron chi connectivity index (χ3n) is 5.13. The Morgan fingerprint density at radius 1 is 1.17 bits per heavy atom. The molecule has 1 heterocycles. The van der Waals surface area contributed by atoms with Gasteiger partial charge < -0.3 is 15.2 Å². The van der Waals surface area contributed by atoms with Gasteiger partial charge in [-0.15, -0.1) is 5.10 Å². The maximum Gasteiger partial charge on any atom is 0.425 e. The van der Waals surface area contributed by atoms with Gasteiger partial charge in [-0.05, 0) is 38.5 Å². The number of carbonyl (C=O) groups excluding carboxylic acids is 1. The number of aromatic nitrogens is 3. The zero-order chi connectivity index (χ0) is 26.2. The number of halogens is 5. The third-order valence-corrected chi connectivity index (χ3v) is 5.13. The van der Waals surface area contributed by atoms with Crippen LogP contribution in [0.25, 0.3) is 5.69 Å². The fourth-order valence-corrected chi connectivity index (χ4v) is 3.18. The predicted octanol–water partition coefficient (Wildman–Crippen LogP) is 3.79. The van der Waals surface area contributed by atoms with E-state index in [0.717, 1.165) is 10.6 Å². The number of ether oxygens (including phenoxy) is 1. The molecule has 0 aliphatic heterocycles. The van der Waals surface area contributed by atoms with Gasteiger partial charge in [0.15, 0.2) is 11.9 Å². The van der Waals surface area contributed by atoms with E-state index in [1.54, 1.807) is 0 Å². The van der Waals surface area contributed by atoms with Crippen molar-refractivity contribution in [3.05, 3.63) is 69.4 Å². The first-order valence-electron chi connectivity index (χ1n) is 10.2. The highest BCUT2D eigenvalue weighted by atomic mass is 19.4. The molecule has 2 unspecified atom stereocenters. The molecule has 188 valence electrons. The van der Waals surface area contributed by atoms with Gasteiger partial charge >= 0.3 is 11.9 Å². The van der Waals surface area contributed by atoms with E-state index < -0.39 is 58.6 Å². The molecule has 3 aromatic rings. The van der Waals surface area contributed by atoms with E-state index in [4.69, 9.17) is 4.74 Å². The molecule has 3 rings (SSSR count). The van der Waals surface area contributed by atoms with Crippen molar-refractivity contribution in [2.75, 3.05) is 5.32 Å². The Hall–Kier alpha value is -3.74. The van der Waals surface area contributed by atoms with Gasteiger partial charge in [0.05, 0.1) is 11.3 Å². The van der Waals surface area contributed by atoms with Crippen molar-refractivity contribution in [2.24, 2.45) is 7.05 Å². The second kappa shape index (κ2) is 9.49. The lowest BCUT2D eigenvalue weighted by Gasteiger charge is -2.20. The molecule has 1 aromatic heterocycles. The number of anilines is 1. The first kappa shape index (κ1) is 25.9. The van der Waals surface area contributed by atoms with Crippen molar-refractivity contribution in [2.45, 2.75) is 39.2 Å². The molecule has 35 heavy (non-hydrogen) atoms. The quantitative estimate of drug-likeness (QED) is 0.502. The Bertz CT molecular complexity index is 1310. The van der Waals surface area contributed by atoms with Gasteiger partial charge in [-0.2, -0.15) is 17.9 Å². The lowest BCUT2D eigenvalue weighted by Crippen LogP contribution is -2.32. The summed E-state index contributed by atoms with van der Waals surface area (Å²) in [6.07, 6.45) is -8.48. The molecule has 13 heteroatoms. The number of nitrogens with zero attached hydrogens (tertiary/aromatic N) is 3. The van der Waals surface area contributed by atoms with Crippen LogP contribution in [-0.4, -0.2) is 37.6 Å². The lowest BCUT2D eigenvalue weighted by molar-refractivity contribution is -0.189. The highest BCUT2D eigenvalue weighted by Crippen LogP contribution is 2.31. The normalized spacial score (nSPS) is 13.4. The molecular formula is C22H21F5N4O4. The maximum atomic E-state index is 15.1. The number of para-hydroxylation sites is 1. The fraction of sp³-hybridized carbons (Fsp3) is 0.318. The van der Waals surface area contributed by atoms with Crippen molar-refractivity contribution in [1.82, 2.24) is 14.3 Å². The number of amides is 1. The molecule has 0 saturated heterocycles. The summed E-state index contributed by atoms with van der Waals surface area (Å²) in [6.45, 7) is 3.46. The van der Waals surface area contributed by atoms with E-state index in [1.807, 2.05) is 0 Å². The first-order valence-corrected chi connectivity index (χ1v) is 10.2. The summed E-state index contributed by atoms with van der Waals surface area (Å²) in [6, 6.07) is 5.20. The van der Waals surface area contributed by atoms with Crippen molar-refractivity contribution in [3.63, 3.8) is 0 Å². The summed E-state index contributed by atoms with van der Waals surface area (Å²) >= 11 is 0. The molecule has 0 fully saturated rings. The van der Waals surface area contributed by atoms with Crippen LogP contribution in [0.4, 0.5) is 27.6 Å². The van der Waals surface area contributed by atoms with Crippen LogP contribution >= 0.6 is 0 Å². The smallest absolute Gasteiger partial charge is 0.425 e. The molecule has 0 spiro atoms. The van der Waals surface area contributed by atoms with E-state index in [9.17, 15) is 32.3 Å². The first-order chi connectivity index (χ1) is 16.2. The molecule has 2 N–H and O–H groups in total. The summed E-state index contributed by atoms with van der Waals surface area (Å²) < 4.78 is 75.2. The zero-order valence-electron chi connectivity index (χ0n) is 18.9. The third kappa shape index (κ3) is 5.19. The van der Waals surface area contributed by atoms with Crippen LogP contribution in [0, 0.1) is 18.6 Å². The van der Waals surface area contributed by atoms with Gasteiger partial charge in [0.1, 0.15) is 29.2 Å². The monoisotopic (exact) mass is 500 g/mol. The van der Waals surface area contributed by atoms with Crippen LogP contribution in [0.15, 0.2) is 35.1 Å². The van der Waals surface area contributed by atoms with E-state index in [0.29, 0.717) is 29.3 Å². The van der Waals surface area contributed by atoms with Gasteiger partial charge in [-0.1, -0.05) is 12.1 Å². The molecule has 1 amide bonds. The summed E-state index contributed by atoms with van der Waals surface area (Å²) in [4.78, 5) is 25.4. The average molecular weight is 500 g/mol. The van der Waals surface area contributed by atoms with Gasteiger partial charge in [0.25, 0.3) is 5.91 Å². The average Bonchev–Trinajstić information content (AvgIpc) is 3.05. The molecular weight excluding hydrogens is 479 g/mol. The SMILES string of the molecule is Cc1cccc(F)c1NC(=O)c1cc(F)c(-n2nc(C(C)O)n(C)c2=O)cc1OC(C)C(F)(F)F. The number of hydrogen-bond donors (Lipinski definition) is 2. The number of rotatable bonds is 6. The number of aliphatic hydroxyl groups is 1. The number of hydrogen-bond acceptors (Lipinski definition) is 5. The minimum Gasteiger partial charge on any atom is -0.480 e. The van der Waals surface area contributed by atoms with Gasteiger partial charge in [-0.3, -0.25) is 9.36 Å². The van der Waals surface area contributed by atoms with Crippen LogP contribution in [0.1, 0.15) is 41.7 Å². The number of alkyl halides is 3. The van der Waals surface area contributed by atoms with Crippen molar-refractivity contribution in [3.8, 4) is 11.4 Å². The largest absolute Gasteiger partial charge is 0.480 e. The van der Waals surface area contributed by atoms with Crippen molar-refractivity contribution < 1.29 is 36.6 Å². The maximum absolute atomic E-state index is 15.1. The topological polar surface area (TPSA) is 98.4 Å². The van der Waals surface area contributed by atoms with Crippen LogP contribution in [0.5, 0.6) is 5.75 Å². The molecule has 2 aromatic carbocycles. The van der Waals surface area contributed by atoms with Gasteiger partial charge in [-0.25, -0.2) is 13.6 Å². The number of nitrogens with one attached hydrogen (secondary N) is 1. The van der Waals surface area contributed by atoms with Crippen molar-refractivity contribution >= 4 is 11.6 Å². The second-order valence-electron chi connectivity index (χ2n) is 7.77. The Balaban J connectivity index is 2.16. The van der Waals surface area contributed by atoms with Crippen molar-refractivity contribution in [1.29, 1.82) is 0 Å². The zero-order valence-corrected chi connectivity index (χ0v) is 18.9. The summed E-state index contributed by atoms with van der Waals surface area (Å²) in [5.74, 6) is -4.03. The molecule has 0 aliphatic rings. The van der Waals surface area contributed by atoms with Crippen LogP contribution < -0.4 is 15.7 Å². The summed E-state index contributed by atoms with van der Waals surface area (Å²) in [7, 11) is 1.26. The number of carbonyl (C=O) groups is 1. The van der Waals surface area contributed by atoms with Crippen LogP contribution in [0.3, 0.4) is 0 Å². The lowest BCUT2D eigenvalue weighted by atomic mass is 10.1. The summed E-state index contributed by atoms with van der Waals surface area (Å²) in [5, 5.41) is 15.8. The standard InChI is InChI=1S/C22H21F5N4O4/c1-10-6-5-7-14(23)18(10)28-20(33)13-8-15(24)16(9-17(13)35-12(3)22(25,26)27)31-21(34)30(4)19(29-31)11(2)32/h5-9,11-12,32H,1-4H3,(H,28,33). The minimum absolute atomic E-state index is 0.141. The van der Waals surface area contributed by atoms with Gasteiger partial charge in [0, 0.05) is 13.1 Å². The van der Waals surface area contributed by atoms with Crippen LogP contribution in [0.2, 0.25) is 0 Å². The second-order valence-corrected chi connectivity index (χ2v) is 7.77. The Kier molecular flexibility index (Phi) is 7.01. The number of aliphatic hydroxyl groups excluding tert-OH is 1. The molecule has 0 bridgehead atoms. The van der Waals surface area contributed by atoms with E-state index in [2.05, 4.69) is 10.4 Å². The number of benzene rings is 2. The van der Waals surface area contributed by atoms with Gasteiger partial charge in [0.2, 0.25) is 0 Å². The Labute approximate surface area is 195 Å². The molecule has 0 saturated carbocycles. The fourth-order valence-electron chi connectivity index (χ4n) is 3.18. The van der Waals surface area contributed by atoms with Crippen LogP contribution in [-0.2, 0) is 7.05 Å². The molecule has 0 aliphatic carbocycles. The Morgan fingerprint density at radius 3 is 2.37 bits per heavy atom. The molecule has 2 atom stereocenters. The highest BCUT2D eigenvalue weighted by Gasteiger charge is 2.39. The van der Waals surface area contributed by atoms with E-state index in [1.165, 1.54) is 33.0 Å².